The van der Waals surface area contributed by atoms with Crippen LogP contribution in [0, 0.1) is 0 Å². The highest BCUT2D eigenvalue weighted by Gasteiger charge is 2.26. The molecule has 0 radical (unpaired) electrons. The van der Waals surface area contributed by atoms with Gasteiger partial charge < -0.3 is 18.9 Å². The molecule has 2 atom stereocenters. The Morgan fingerprint density at radius 2 is 0.866 bits per heavy atom. The number of quaternary nitrogens is 1. The van der Waals surface area contributed by atoms with Crippen LogP contribution in [0.4, 0.5) is 0 Å². The number of esters is 1. The van der Waals surface area contributed by atoms with Crippen LogP contribution in [0.25, 0.3) is 0 Å². The minimum atomic E-state index is -4.30. The number of carbonyl (C=O) groups is 1. The summed E-state index contributed by atoms with van der Waals surface area (Å²) in [6, 6.07) is 0. The second-order valence-electron chi connectivity index (χ2n) is 18.9. The van der Waals surface area contributed by atoms with E-state index in [4.69, 9.17) is 18.5 Å². The van der Waals surface area contributed by atoms with E-state index in [-0.39, 0.29) is 25.8 Å². The molecule has 0 aromatic rings. The number of ether oxygens (including phenoxy) is 2. The van der Waals surface area contributed by atoms with Crippen LogP contribution < -0.4 is 0 Å². The van der Waals surface area contributed by atoms with Gasteiger partial charge in [0.05, 0.1) is 34.4 Å². The second kappa shape index (κ2) is 49.8. The Bertz CT molecular complexity index is 1390. The first kappa shape index (κ1) is 64.4. The van der Waals surface area contributed by atoms with E-state index in [2.05, 4.69) is 111 Å². The van der Waals surface area contributed by atoms with Crippen molar-refractivity contribution in [3.63, 3.8) is 0 Å². The largest absolute Gasteiger partial charge is 0.472 e. The number of nitrogens with zero attached hydrogens (tertiary/aromatic N) is 1. The second-order valence-corrected chi connectivity index (χ2v) is 20.3. The van der Waals surface area contributed by atoms with Gasteiger partial charge in [-0.3, -0.25) is 13.8 Å². The molecule has 0 aliphatic heterocycles. The first-order valence-electron chi connectivity index (χ1n) is 27.0. The quantitative estimate of drug-likeness (QED) is 0.0213. The van der Waals surface area contributed by atoms with Crippen LogP contribution in [0.1, 0.15) is 206 Å². The molecule has 67 heavy (non-hydrogen) atoms. The fraction of sp³-hybridized carbons (Fsp3) is 0.707. The van der Waals surface area contributed by atoms with Crippen molar-refractivity contribution in [2.45, 2.75) is 213 Å². The number of rotatable bonds is 49. The summed E-state index contributed by atoms with van der Waals surface area (Å²) in [6.45, 7) is 5.43. The van der Waals surface area contributed by atoms with E-state index in [0.717, 1.165) is 96.3 Å². The Hall–Kier alpha value is -2.58. The molecule has 0 saturated carbocycles. The highest BCUT2D eigenvalue weighted by atomic mass is 31.2. The molecule has 0 saturated heterocycles. The van der Waals surface area contributed by atoms with Crippen molar-refractivity contribution in [3.05, 3.63) is 97.2 Å². The Balaban J connectivity index is 4.21. The summed E-state index contributed by atoms with van der Waals surface area (Å²) in [5.41, 5.74) is 0. The van der Waals surface area contributed by atoms with Gasteiger partial charge in [-0.25, -0.2) is 4.57 Å². The summed E-state index contributed by atoms with van der Waals surface area (Å²) in [6.07, 6.45) is 68.9. The third kappa shape index (κ3) is 54.2. The van der Waals surface area contributed by atoms with Crippen LogP contribution in [0.3, 0.4) is 0 Å². The Labute approximate surface area is 413 Å². The number of carbonyl (C=O) groups excluding carboxylic acids is 1. The average molecular weight is 957 g/mol. The molecule has 0 fully saturated rings. The lowest BCUT2D eigenvalue weighted by molar-refractivity contribution is -0.870. The highest BCUT2D eigenvalue weighted by molar-refractivity contribution is 7.47. The number of hydrogen-bond donors (Lipinski definition) is 1. The van der Waals surface area contributed by atoms with Gasteiger partial charge in [0.1, 0.15) is 19.3 Å². The zero-order valence-electron chi connectivity index (χ0n) is 43.9. The standard InChI is InChI=1S/C58H102NO7P/c1-6-8-10-12-14-16-18-20-22-24-26-27-28-29-30-31-32-34-36-38-40-42-44-46-48-50-53-63-55-57(56-65-67(61,62)64-54-52-59(3,4)5)66-58(60)51-49-47-45-43-41-39-37-35-33-25-23-21-19-17-15-13-11-9-7-2/h8,10,14,16,20-23,26-27,29-30,32,34,38,40,57H,6-7,9,11-13,15,17-19,24-25,28,31,33,35-37,39,41-56H2,1-5H3/p+1/b10-8-,16-14-,22-20-,23-21-,27-26-,30-29-,34-32-,40-38-. The molecule has 2 unspecified atom stereocenters. The molecular formula is C58H103NO7P+. The van der Waals surface area contributed by atoms with Gasteiger partial charge in [0.15, 0.2) is 0 Å². The average Bonchev–Trinajstić information content (AvgIpc) is 3.29. The lowest BCUT2D eigenvalue weighted by Crippen LogP contribution is -2.37. The summed E-state index contributed by atoms with van der Waals surface area (Å²) < 4.78 is 35.2. The van der Waals surface area contributed by atoms with Crippen LogP contribution in [0.15, 0.2) is 97.2 Å². The maximum absolute atomic E-state index is 12.8. The molecule has 1 N–H and O–H groups in total. The van der Waals surface area contributed by atoms with E-state index in [1.54, 1.807) is 0 Å². The summed E-state index contributed by atoms with van der Waals surface area (Å²) in [5.74, 6) is -0.328. The number of allylic oxidation sites excluding steroid dienone is 16. The van der Waals surface area contributed by atoms with Crippen LogP contribution in [-0.2, 0) is 27.9 Å². The molecule has 0 aliphatic carbocycles. The lowest BCUT2D eigenvalue weighted by atomic mass is 10.1. The first-order chi connectivity index (χ1) is 32.6. The van der Waals surface area contributed by atoms with Gasteiger partial charge in [0.2, 0.25) is 0 Å². The number of hydrogen-bond acceptors (Lipinski definition) is 6. The SMILES string of the molecule is CC/C=C\C/C=C\C/C=C\C/C=C\C/C=C\C/C=C\C/C=C\CCCCCCOCC(COP(=O)(O)OCC[N+](C)(C)C)OC(=O)CCCCCCCCCCC/C=C\CCCCCCCC. The molecule has 9 heteroatoms. The van der Waals surface area contributed by atoms with Gasteiger partial charge in [-0.15, -0.1) is 0 Å². The van der Waals surface area contributed by atoms with Crippen molar-refractivity contribution in [1.82, 2.24) is 0 Å². The van der Waals surface area contributed by atoms with Gasteiger partial charge in [0.25, 0.3) is 0 Å². The predicted molar refractivity (Wildman–Crippen MR) is 288 cm³/mol. The van der Waals surface area contributed by atoms with Crippen molar-refractivity contribution in [2.75, 3.05) is 54.1 Å². The van der Waals surface area contributed by atoms with Crippen LogP contribution in [0.5, 0.6) is 0 Å². The third-order valence-corrected chi connectivity index (χ3v) is 12.1. The van der Waals surface area contributed by atoms with Gasteiger partial charge in [0, 0.05) is 13.0 Å². The van der Waals surface area contributed by atoms with Crippen LogP contribution in [-0.4, -0.2) is 75.6 Å². The zero-order valence-corrected chi connectivity index (χ0v) is 44.7. The highest BCUT2D eigenvalue weighted by Crippen LogP contribution is 2.43. The van der Waals surface area contributed by atoms with Crippen molar-refractivity contribution in [1.29, 1.82) is 0 Å². The van der Waals surface area contributed by atoms with E-state index in [9.17, 15) is 14.3 Å². The predicted octanol–water partition coefficient (Wildman–Crippen LogP) is 16.9. The molecule has 0 aromatic heterocycles. The summed E-state index contributed by atoms with van der Waals surface area (Å²) in [7, 11) is 1.64. The zero-order chi connectivity index (χ0) is 49.0. The smallest absolute Gasteiger partial charge is 0.457 e. The molecule has 0 rings (SSSR count). The molecule has 0 spiro atoms. The molecule has 8 nitrogen and oxygen atoms in total. The van der Waals surface area contributed by atoms with E-state index in [0.29, 0.717) is 24.1 Å². The van der Waals surface area contributed by atoms with Gasteiger partial charge in [-0.05, 0) is 96.3 Å². The lowest BCUT2D eigenvalue weighted by Gasteiger charge is -2.24. The molecular weight excluding hydrogens is 854 g/mol. The Morgan fingerprint density at radius 3 is 1.31 bits per heavy atom. The fourth-order valence-corrected chi connectivity index (χ4v) is 7.74. The summed E-state index contributed by atoms with van der Waals surface area (Å²) >= 11 is 0. The van der Waals surface area contributed by atoms with Crippen LogP contribution >= 0.6 is 7.82 Å². The summed E-state index contributed by atoms with van der Waals surface area (Å²) in [4.78, 5) is 23.0. The van der Waals surface area contributed by atoms with E-state index in [1.807, 2.05) is 21.1 Å². The van der Waals surface area contributed by atoms with Gasteiger partial charge in [-0.1, -0.05) is 201 Å². The minimum absolute atomic E-state index is 0.0779. The number of phosphoric ester groups is 1. The molecule has 0 aliphatic rings. The third-order valence-electron chi connectivity index (χ3n) is 11.1. The monoisotopic (exact) mass is 957 g/mol. The van der Waals surface area contributed by atoms with Crippen molar-refractivity contribution in [3.8, 4) is 0 Å². The minimum Gasteiger partial charge on any atom is -0.457 e. The van der Waals surface area contributed by atoms with Crippen molar-refractivity contribution < 1.29 is 37.3 Å². The normalized spacial score (nSPS) is 14.3. The molecule has 0 bridgehead atoms. The van der Waals surface area contributed by atoms with Crippen molar-refractivity contribution >= 4 is 13.8 Å². The molecule has 0 heterocycles. The number of phosphoric acid groups is 1. The van der Waals surface area contributed by atoms with Crippen LogP contribution in [0.2, 0.25) is 0 Å². The molecule has 0 aromatic carbocycles. The van der Waals surface area contributed by atoms with Crippen molar-refractivity contribution in [2.24, 2.45) is 0 Å². The Kier molecular flexibility index (Phi) is 47.9. The Morgan fingerprint density at radius 1 is 0.478 bits per heavy atom. The molecule has 0 amide bonds. The topological polar surface area (TPSA) is 91.3 Å². The van der Waals surface area contributed by atoms with Gasteiger partial charge >= 0.3 is 13.8 Å². The van der Waals surface area contributed by atoms with Gasteiger partial charge in [-0.2, -0.15) is 0 Å². The first-order valence-corrected chi connectivity index (χ1v) is 28.5. The maximum atomic E-state index is 12.8. The number of unbranched alkanes of at least 4 members (excludes halogenated alkanes) is 19. The van der Waals surface area contributed by atoms with E-state index < -0.39 is 13.9 Å². The summed E-state index contributed by atoms with van der Waals surface area (Å²) in [5, 5.41) is 0. The van der Waals surface area contributed by atoms with E-state index >= 15 is 0 Å². The maximum Gasteiger partial charge on any atom is 0.472 e. The number of likely N-dealkylation sites (N-methyl/N-ethyl adjacent to an activating group) is 1. The molecule has 386 valence electrons. The fourth-order valence-electron chi connectivity index (χ4n) is 7.00. The van der Waals surface area contributed by atoms with E-state index in [1.165, 1.54) is 89.9 Å².